The average molecular weight is 401 g/mol. The van der Waals surface area contributed by atoms with Gasteiger partial charge in [0, 0.05) is 5.56 Å². The fourth-order valence-electron chi connectivity index (χ4n) is 3.85. The Hall–Kier alpha value is -2.96. The van der Waals surface area contributed by atoms with Crippen molar-refractivity contribution < 1.29 is 24.5 Å². The van der Waals surface area contributed by atoms with Crippen molar-refractivity contribution in [3.8, 4) is 28.4 Å². The zero-order chi connectivity index (χ0) is 21.4. The third kappa shape index (κ3) is 4.09. The van der Waals surface area contributed by atoms with E-state index in [1.54, 1.807) is 13.2 Å². The molecule has 0 unspecified atom stereocenters. The van der Waals surface area contributed by atoms with Crippen LogP contribution in [0.25, 0.3) is 11.1 Å². The molecule has 29 heavy (non-hydrogen) atoms. The molecular formula is C22H27NO6. The van der Waals surface area contributed by atoms with Crippen LogP contribution in [0.1, 0.15) is 51.7 Å². The highest BCUT2D eigenvalue weighted by atomic mass is 16.9. The lowest BCUT2D eigenvalue weighted by molar-refractivity contribution is -0.757. The van der Waals surface area contributed by atoms with Gasteiger partial charge in [-0.15, -0.1) is 10.1 Å². The molecule has 0 atom stereocenters. The van der Waals surface area contributed by atoms with Gasteiger partial charge in [0.2, 0.25) is 0 Å². The van der Waals surface area contributed by atoms with E-state index in [1.807, 2.05) is 52.0 Å². The molecule has 0 aromatic heterocycles. The Balaban J connectivity index is 1.99. The summed E-state index contributed by atoms with van der Waals surface area (Å²) in [5.74, 6) is 1.46. The first-order valence-electron chi connectivity index (χ1n) is 9.58. The lowest BCUT2D eigenvalue weighted by Crippen LogP contribution is -2.30. The highest BCUT2D eigenvalue weighted by Crippen LogP contribution is 2.51. The maximum absolute atomic E-state index is 10.9. The van der Waals surface area contributed by atoms with Crippen molar-refractivity contribution in [2.24, 2.45) is 0 Å². The van der Waals surface area contributed by atoms with Gasteiger partial charge < -0.3 is 19.4 Å². The van der Waals surface area contributed by atoms with E-state index in [0.29, 0.717) is 29.9 Å². The van der Waals surface area contributed by atoms with Crippen LogP contribution in [0.4, 0.5) is 0 Å². The van der Waals surface area contributed by atoms with E-state index in [-0.39, 0.29) is 17.8 Å². The maximum atomic E-state index is 10.9. The number of ether oxygens (including phenoxy) is 2. The van der Waals surface area contributed by atoms with Crippen molar-refractivity contribution in [2.45, 2.75) is 51.6 Å². The van der Waals surface area contributed by atoms with E-state index in [4.69, 9.17) is 9.47 Å². The molecule has 0 aliphatic carbocycles. The van der Waals surface area contributed by atoms with E-state index in [1.165, 1.54) is 0 Å². The van der Waals surface area contributed by atoms with Crippen molar-refractivity contribution in [1.82, 2.24) is 0 Å². The second kappa shape index (κ2) is 7.46. The number of rotatable bonds is 7. The minimum Gasteiger partial charge on any atom is -0.507 e. The molecule has 2 aromatic carbocycles. The van der Waals surface area contributed by atoms with Gasteiger partial charge in [-0.05, 0) is 67.5 Å². The molecule has 0 fully saturated rings. The molecule has 0 spiro atoms. The van der Waals surface area contributed by atoms with Crippen molar-refractivity contribution >= 4 is 0 Å². The first-order valence-corrected chi connectivity index (χ1v) is 9.58. The molecule has 156 valence electrons. The highest BCUT2D eigenvalue weighted by Gasteiger charge is 2.35. The van der Waals surface area contributed by atoms with Gasteiger partial charge in [0.1, 0.15) is 22.8 Å². The summed E-state index contributed by atoms with van der Waals surface area (Å²) < 4.78 is 11.6. The highest BCUT2D eigenvalue weighted by molar-refractivity contribution is 5.83. The first-order chi connectivity index (χ1) is 13.5. The van der Waals surface area contributed by atoms with Crippen LogP contribution in [0.3, 0.4) is 0 Å². The predicted octanol–water partition coefficient (Wildman–Crippen LogP) is 4.96. The standard InChI is InChI=1S/C22H27NO6/c1-21(2,9-6-10-28-23(25)26)14-11-18(24)20-16-13-15(27-5)7-8-17(16)22(3,4)29-19(20)12-14/h7-8,11-13,24H,6,9-10H2,1-5H3. The van der Waals surface area contributed by atoms with Gasteiger partial charge in [-0.25, -0.2) is 0 Å². The van der Waals surface area contributed by atoms with E-state index in [9.17, 15) is 15.2 Å². The normalized spacial score (nSPS) is 14.4. The smallest absolute Gasteiger partial charge is 0.294 e. The lowest BCUT2D eigenvalue weighted by Gasteiger charge is -2.36. The number of phenolic OH excluding ortho intramolecular Hbond substituents is 1. The van der Waals surface area contributed by atoms with Crippen LogP contribution >= 0.6 is 0 Å². The molecule has 0 amide bonds. The molecule has 0 saturated carbocycles. The number of phenols is 1. The number of aromatic hydroxyl groups is 1. The van der Waals surface area contributed by atoms with Crippen LogP contribution < -0.4 is 9.47 Å². The molecule has 0 radical (unpaired) electrons. The van der Waals surface area contributed by atoms with Gasteiger partial charge in [-0.1, -0.05) is 19.9 Å². The summed E-state index contributed by atoms with van der Waals surface area (Å²) in [6.45, 7) is 8.09. The topological polar surface area (TPSA) is 91.1 Å². The SMILES string of the molecule is COc1ccc2c(c1)-c1c(O)cc(C(C)(C)CCCO[N+](=O)[O-])cc1OC2(C)C. The molecule has 3 rings (SSSR count). The number of hydrogen-bond acceptors (Lipinski definition) is 6. The van der Waals surface area contributed by atoms with Gasteiger partial charge in [-0.3, -0.25) is 0 Å². The molecule has 2 aromatic rings. The largest absolute Gasteiger partial charge is 0.507 e. The fraction of sp³-hybridized carbons (Fsp3) is 0.455. The minimum atomic E-state index is -0.778. The molecule has 0 bridgehead atoms. The van der Waals surface area contributed by atoms with E-state index < -0.39 is 10.7 Å². The quantitative estimate of drug-likeness (QED) is 0.400. The van der Waals surface area contributed by atoms with Crippen LogP contribution in [0, 0.1) is 10.1 Å². The summed E-state index contributed by atoms with van der Waals surface area (Å²) in [7, 11) is 1.61. The summed E-state index contributed by atoms with van der Waals surface area (Å²) in [6.07, 6.45) is 1.19. The second-order valence-electron chi connectivity index (χ2n) is 8.44. The van der Waals surface area contributed by atoms with E-state index in [0.717, 1.165) is 16.7 Å². The van der Waals surface area contributed by atoms with Crippen LogP contribution in [0.2, 0.25) is 0 Å². The van der Waals surface area contributed by atoms with E-state index >= 15 is 0 Å². The zero-order valence-electron chi connectivity index (χ0n) is 17.4. The molecule has 0 saturated heterocycles. The summed E-state index contributed by atoms with van der Waals surface area (Å²) >= 11 is 0. The molecule has 7 heteroatoms. The van der Waals surface area contributed by atoms with Gasteiger partial charge in [-0.2, -0.15) is 0 Å². The van der Waals surface area contributed by atoms with Crippen molar-refractivity contribution in [3.05, 3.63) is 51.6 Å². The fourth-order valence-corrected chi connectivity index (χ4v) is 3.85. The number of methoxy groups -OCH3 is 1. The Kier molecular flexibility index (Phi) is 5.34. The zero-order valence-corrected chi connectivity index (χ0v) is 17.4. The Morgan fingerprint density at radius 1 is 1.24 bits per heavy atom. The molecule has 1 heterocycles. The summed E-state index contributed by atoms with van der Waals surface area (Å²) in [5, 5.41) is 20.4. The van der Waals surface area contributed by atoms with Gasteiger partial charge in [0.25, 0.3) is 5.09 Å². The Morgan fingerprint density at radius 3 is 2.62 bits per heavy atom. The summed E-state index contributed by atoms with van der Waals surface area (Å²) in [6, 6.07) is 9.46. The van der Waals surface area contributed by atoms with Crippen LogP contribution in [-0.4, -0.2) is 23.9 Å². The third-order valence-corrected chi connectivity index (χ3v) is 5.52. The lowest BCUT2D eigenvalue weighted by atomic mass is 9.78. The van der Waals surface area contributed by atoms with Crippen LogP contribution in [0.15, 0.2) is 30.3 Å². The number of fused-ring (bicyclic) bond motifs is 3. The maximum Gasteiger partial charge on any atom is 0.294 e. The van der Waals surface area contributed by atoms with Gasteiger partial charge in [0.05, 0.1) is 19.3 Å². The predicted molar refractivity (Wildman–Crippen MR) is 109 cm³/mol. The average Bonchev–Trinajstić information content (AvgIpc) is 2.63. The first kappa shape index (κ1) is 20.8. The summed E-state index contributed by atoms with van der Waals surface area (Å²) in [4.78, 5) is 14.7. The van der Waals surface area contributed by atoms with Crippen molar-refractivity contribution in [1.29, 1.82) is 0 Å². The Morgan fingerprint density at radius 2 is 1.97 bits per heavy atom. The van der Waals surface area contributed by atoms with E-state index in [2.05, 4.69) is 4.84 Å². The Labute approximate surface area is 170 Å². The minimum absolute atomic E-state index is 0.0457. The van der Waals surface area contributed by atoms with Crippen LogP contribution in [-0.2, 0) is 15.9 Å². The Bertz CT molecular complexity index is 935. The van der Waals surface area contributed by atoms with Crippen molar-refractivity contribution in [2.75, 3.05) is 13.7 Å². The monoisotopic (exact) mass is 401 g/mol. The summed E-state index contributed by atoms with van der Waals surface area (Å²) in [5.41, 5.74) is 2.52. The third-order valence-electron chi connectivity index (χ3n) is 5.52. The van der Waals surface area contributed by atoms with Crippen LogP contribution in [0.5, 0.6) is 17.2 Å². The molecule has 1 aliphatic heterocycles. The number of nitrogens with zero attached hydrogens (tertiary/aromatic N) is 1. The van der Waals surface area contributed by atoms with Gasteiger partial charge in [0.15, 0.2) is 0 Å². The van der Waals surface area contributed by atoms with Crippen molar-refractivity contribution in [3.63, 3.8) is 0 Å². The van der Waals surface area contributed by atoms with Gasteiger partial charge >= 0.3 is 0 Å². The molecule has 1 aliphatic rings. The number of hydrogen-bond donors (Lipinski definition) is 1. The number of benzene rings is 2. The molecule has 1 N–H and O–H groups in total. The molecule has 7 nitrogen and oxygen atoms in total. The molecular weight excluding hydrogens is 374 g/mol. The second-order valence-corrected chi connectivity index (χ2v) is 8.44.